The van der Waals surface area contributed by atoms with Gasteiger partial charge < -0.3 is 4.74 Å². The van der Waals surface area contributed by atoms with E-state index in [1.807, 2.05) is 10.7 Å². The van der Waals surface area contributed by atoms with Gasteiger partial charge in [0.25, 0.3) is 5.69 Å². The maximum absolute atomic E-state index is 11.0. The lowest BCUT2D eigenvalue weighted by atomic mass is 10.1. The highest BCUT2D eigenvalue weighted by Gasteiger charge is 2.23. The number of aryl methyl sites for hydroxylation is 1. The molecular weight excluding hydrogens is 326 g/mol. The van der Waals surface area contributed by atoms with E-state index in [-0.39, 0.29) is 16.8 Å². The van der Waals surface area contributed by atoms with E-state index in [2.05, 4.69) is 21.0 Å². The highest BCUT2D eigenvalue weighted by molar-refractivity contribution is 9.10. The molecule has 106 valence electrons. The van der Waals surface area contributed by atoms with Crippen LogP contribution in [-0.4, -0.2) is 21.3 Å². The van der Waals surface area contributed by atoms with Gasteiger partial charge in [-0.15, -0.1) is 0 Å². The van der Waals surface area contributed by atoms with Gasteiger partial charge in [0.2, 0.25) is 0 Å². The molecule has 3 rings (SSSR count). The molecule has 6 nitrogen and oxygen atoms in total. The molecule has 1 fully saturated rings. The molecular formula is C13H14BrN3O3. The zero-order valence-corrected chi connectivity index (χ0v) is 12.6. The molecule has 20 heavy (non-hydrogen) atoms. The van der Waals surface area contributed by atoms with Crippen LogP contribution in [0.4, 0.5) is 5.69 Å². The summed E-state index contributed by atoms with van der Waals surface area (Å²) in [6.07, 6.45) is 3.01. The average Bonchev–Trinajstić information content (AvgIpc) is 2.75. The van der Waals surface area contributed by atoms with E-state index in [0.717, 1.165) is 36.8 Å². The minimum absolute atomic E-state index is 0.0848. The molecule has 1 aromatic heterocycles. The lowest BCUT2D eigenvalue weighted by Crippen LogP contribution is -2.19. The van der Waals surface area contributed by atoms with E-state index in [1.165, 1.54) is 0 Å². The molecule has 0 spiro atoms. The van der Waals surface area contributed by atoms with E-state index >= 15 is 0 Å². The third-order valence-electron chi connectivity index (χ3n) is 3.60. The van der Waals surface area contributed by atoms with Crippen molar-refractivity contribution in [3.63, 3.8) is 0 Å². The smallest absolute Gasteiger partial charge is 0.273 e. The van der Waals surface area contributed by atoms with E-state index in [0.29, 0.717) is 10.2 Å². The molecule has 2 aromatic rings. The number of nitro benzene ring substituents is 1. The molecule has 1 saturated heterocycles. The summed E-state index contributed by atoms with van der Waals surface area (Å²) in [6.45, 7) is 2.47. The molecule has 1 aliphatic heterocycles. The van der Waals surface area contributed by atoms with Gasteiger partial charge in [0.1, 0.15) is 4.60 Å². The monoisotopic (exact) mass is 339 g/mol. The largest absolute Gasteiger partial charge is 0.356 e. The standard InChI is InChI=1S/C13H14BrN3O3/c1-8-6-11-9(7-10(8)17(18)19)13(14)15-16(11)12-4-2-3-5-20-12/h6-7,12H,2-5H2,1H3. The Morgan fingerprint density at radius 1 is 1.50 bits per heavy atom. The van der Waals surface area contributed by atoms with Crippen LogP contribution in [0, 0.1) is 17.0 Å². The molecule has 2 heterocycles. The summed E-state index contributed by atoms with van der Waals surface area (Å²) in [4.78, 5) is 10.7. The van der Waals surface area contributed by atoms with E-state index in [9.17, 15) is 10.1 Å². The maximum atomic E-state index is 11.0. The number of ether oxygens (including phenoxy) is 1. The second-order valence-corrected chi connectivity index (χ2v) is 5.72. The molecule has 7 heteroatoms. The lowest BCUT2D eigenvalue weighted by Gasteiger charge is -2.23. The first-order chi connectivity index (χ1) is 9.58. The van der Waals surface area contributed by atoms with Gasteiger partial charge in [0, 0.05) is 23.6 Å². The van der Waals surface area contributed by atoms with E-state index < -0.39 is 0 Å². The quantitative estimate of drug-likeness (QED) is 0.617. The summed E-state index contributed by atoms with van der Waals surface area (Å²) >= 11 is 3.38. The third-order valence-corrected chi connectivity index (χ3v) is 4.19. The fraction of sp³-hybridized carbons (Fsp3) is 0.462. The van der Waals surface area contributed by atoms with Crippen LogP contribution in [0.1, 0.15) is 31.1 Å². The van der Waals surface area contributed by atoms with Crippen LogP contribution in [0.3, 0.4) is 0 Å². The SMILES string of the molecule is Cc1cc2c(cc1[N+](=O)[O-])c(Br)nn2C1CCCCO1. The number of halogens is 1. The molecule has 0 N–H and O–H groups in total. The van der Waals surface area contributed by atoms with Gasteiger partial charge >= 0.3 is 0 Å². The Hall–Kier alpha value is -1.47. The number of benzene rings is 1. The van der Waals surface area contributed by atoms with Gasteiger partial charge in [-0.25, -0.2) is 4.68 Å². The number of nitrogens with zero attached hydrogens (tertiary/aromatic N) is 3. The zero-order valence-electron chi connectivity index (χ0n) is 11.0. The lowest BCUT2D eigenvalue weighted by molar-refractivity contribution is -0.385. The summed E-state index contributed by atoms with van der Waals surface area (Å²) in [5.41, 5.74) is 1.61. The van der Waals surface area contributed by atoms with Crippen molar-refractivity contribution in [2.24, 2.45) is 0 Å². The summed E-state index contributed by atoms with van der Waals surface area (Å²) in [6, 6.07) is 3.38. The molecule has 1 unspecified atom stereocenters. The van der Waals surface area contributed by atoms with Crippen molar-refractivity contribution >= 4 is 32.5 Å². The van der Waals surface area contributed by atoms with Crippen molar-refractivity contribution in [2.45, 2.75) is 32.4 Å². The number of fused-ring (bicyclic) bond motifs is 1. The van der Waals surface area contributed by atoms with Crippen LogP contribution >= 0.6 is 15.9 Å². The van der Waals surface area contributed by atoms with Crippen molar-refractivity contribution in [2.75, 3.05) is 6.61 Å². The summed E-state index contributed by atoms with van der Waals surface area (Å²) in [7, 11) is 0. The fourth-order valence-corrected chi connectivity index (χ4v) is 3.06. The fourth-order valence-electron chi connectivity index (χ4n) is 2.57. The van der Waals surface area contributed by atoms with Crippen LogP contribution in [0.15, 0.2) is 16.7 Å². The van der Waals surface area contributed by atoms with Crippen LogP contribution < -0.4 is 0 Å². The average molecular weight is 340 g/mol. The van der Waals surface area contributed by atoms with Crippen molar-refractivity contribution in [1.29, 1.82) is 0 Å². The van der Waals surface area contributed by atoms with Gasteiger partial charge in [0.05, 0.1) is 10.4 Å². The molecule has 0 bridgehead atoms. The van der Waals surface area contributed by atoms with Crippen LogP contribution in [0.2, 0.25) is 0 Å². The number of aromatic nitrogens is 2. The summed E-state index contributed by atoms with van der Waals surface area (Å²) in [5, 5.41) is 16.2. The number of rotatable bonds is 2. The van der Waals surface area contributed by atoms with Gasteiger partial charge in [-0.3, -0.25) is 10.1 Å². The van der Waals surface area contributed by atoms with Gasteiger partial charge in [-0.05, 0) is 48.2 Å². The van der Waals surface area contributed by atoms with E-state index in [1.54, 1.807) is 13.0 Å². The Kier molecular flexibility index (Phi) is 3.47. The van der Waals surface area contributed by atoms with Crippen molar-refractivity contribution in [1.82, 2.24) is 9.78 Å². The Morgan fingerprint density at radius 2 is 2.30 bits per heavy atom. The van der Waals surface area contributed by atoms with Gasteiger partial charge in [-0.2, -0.15) is 5.10 Å². The topological polar surface area (TPSA) is 70.2 Å². The van der Waals surface area contributed by atoms with Crippen LogP contribution in [-0.2, 0) is 4.74 Å². The minimum atomic E-state index is -0.365. The zero-order chi connectivity index (χ0) is 14.3. The second kappa shape index (κ2) is 5.14. The predicted molar refractivity (Wildman–Crippen MR) is 77.7 cm³/mol. The van der Waals surface area contributed by atoms with E-state index in [4.69, 9.17) is 4.74 Å². The second-order valence-electron chi connectivity index (χ2n) is 4.97. The summed E-state index contributed by atoms with van der Waals surface area (Å²) < 4.78 is 8.19. The number of hydrogen-bond acceptors (Lipinski definition) is 4. The van der Waals surface area contributed by atoms with Crippen LogP contribution in [0.25, 0.3) is 10.9 Å². The molecule has 1 aromatic carbocycles. The highest BCUT2D eigenvalue weighted by Crippen LogP contribution is 2.34. The number of hydrogen-bond donors (Lipinski definition) is 0. The van der Waals surface area contributed by atoms with Crippen molar-refractivity contribution in [3.8, 4) is 0 Å². The summed E-state index contributed by atoms with van der Waals surface area (Å²) in [5.74, 6) is 0. The normalized spacial score (nSPS) is 19.4. The Balaban J connectivity index is 2.15. The Morgan fingerprint density at radius 3 is 2.95 bits per heavy atom. The molecule has 0 amide bonds. The Labute approximate surface area is 124 Å². The highest BCUT2D eigenvalue weighted by atomic mass is 79.9. The van der Waals surface area contributed by atoms with Crippen molar-refractivity contribution < 1.29 is 9.66 Å². The number of nitro groups is 1. The first kappa shape index (κ1) is 13.5. The molecule has 1 atom stereocenters. The minimum Gasteiger partial charge on any atom is -0.356 e. The maximum Gasteiger partial charge on any atom is 0.273 e. The predicted octanol–water partition coefficient (Wildman–Crippen LogP) is 3.71. The molecule has 0 radical (unpaired) electrons. The van der Waals surface area contributed by atoms with Gasteiger partial charge in [-0.1, -0.05) is 0 Å². The molecule has 1 aliphatic rings. The van der Waals surface area contributed by atoms with Crippen LogP contribution in [0.5, 0.6) is 0 Å². The third kappa shape index (κ3) is 2.20. The van der Waals surface area contributed by atoms with Gasteiger partial charge in [0.15, 0.2) is 6.23 Å². The first-order valence-corrected chi connectivity index (χ1v) is 7.31. The van der Waals surface area contributed by atoms with Crippen molar-refractivity contribution in [3.05, 3.63) is 32.4 Å². The Bertz CT molecular complexity index is 677. The molecule has 0 saturated carbocycles. The first-order valence-electron chi connectivity index (χ1n) is 6.52. The molecule has 0 aliphatic carbocycles.